The summed E-state index contributed by atoms with van der Waals surface area (Å²) in [7, 11) is -4.39. The molecule has 0 bridgehead atoms. The van der Waals surface area contributed by atoms with E-state index in [1.807, 2.05) is 0 Å². The van der Waals surface area contributed by atoms with Gasteiger partial charge in [-0.1, -0.05) is 12.1 Å². The van der Waals surface area contributed by atoms with E-state index in [1.54, 1.807) is 0 Å². The van der Waals surface area contributed by atoms with E-state index in [0.29, 0.717) is 0 Å². The second-order valence-corrected chi connectivity index (χ2v) is 5.14. The van der Waals surface area contributed by atoms with Gasteiger partial charge in [0.15, 0.2) is 6.61 Å². The number of non-ortho nitro benzene ring substituents is 1. The largest absolute Gasteiger partial charge is 0.413 e. The first-order valence-corrected chi connectivity index (χ1v) is 6.34. The van der Waals surface area contributed by atoms with Gasteiger partial charge in [0.1, 0.15) is 5.75 Å². The molecular weight excluding hydrogens is 291 g/mol. The number of nitrogens with zero attached hydrogens (tertiary/aromatic N) is 1. The van der Waals surface area contributed by atoms with Crippen LogP contribution in [0.1, 0.15) is 5.56 Å². The van der Waals surface area contributed by atoms with Crippen LogP contribution in [0.5, 0.6) is 0 Å². The van der Waals surface area contributed by atoms with Crippen molar-refractivity contribution in [3.8, 4) is 0 Å². The molecule has 0 amide bonds. The molecule has 0 aromatic heterocycles. The Bertz CT molecular complexity index is 552. The molecule has 0 saturated carbocycles. The summed E-state index contributed by atoms with van der Waals surface area (Å²) in [4.78, 5) is 9.67. The fraction of sp³-hybridized carbons (Fsp3) is 0.333. The number of benzene rings is 1. The van der Waals surface area contributed by atoms with Crippen molar-refractivity contribution in [3.05, 3.63) is 39.9 Å². The van der Waals surface area contributed by atoms with Crippen LogP contribution in [0.2, 0.25) is 0 Å². The molecular formula is C9H8F3NO5S. The highest BCUT2D eigenvalue weighted by molar-refractivity contribution is 7.85. The first-order valence-electron chi connectivity index (χ1n) is 4.76. The Morgan fingerprint density at radius 2 is 1.74 bits per heavy atom. The van der Waals surface area contributed by atoms with Crippen molar-refractivity contribution in [1.29, 1.82) is 0 Å². The number of nitro groups is 1. The first-order chi connectivity index (χ1) is 8.59. The molecule has 106 valence electrons. The zero-order chi connectivity index (χ0) is 14.7. The summed E-state index contributed by atoms with van der Waals surface area (Å²) in [5, 5.41) is 10.3. The molecule has 0 fully saturated rings. The van der Waals surface area contributed by atoms with Gasteiger partial charge < -0.3 is 0 Å². The molecule has 0 atom stereocenters. The molecule has 0 N–H and O–H groups in total. The third-order valence-electron chi connectivity index (χ3n) is 1.89. The predicted octanol–water partition coefficient (Wildman–Crippen LogP) is 2.00. The quantitative estimate of drug-likeness (QED) is 0.471. The summed E-state index contributed by atoms with van der Waals surface area (Å²) < 4.78 is 61.6. The molecule has 0 aliphatic rings. The Balaban J connectivity index is 2.70. The Kier molecular flexibility index (Phi) is 4.48. The lowest BCUT2D eigenvalue weighted by atomic mass is 10.2. The van der Waals surface area contributed by atoms with Crippen LogP contribution in [0.15, 0.2) is 24.3 Å². The van der Waals surface area contributed by atoms with E-state index in [0.717, 1.165) is 24.3 Å². The van der Waals surface area contributed by atoms with Gasteiger partial charge in [0, 0.05) is 12.1 Å². The Morgan fingerprint density at radius 3 is 2.16 bits per heavy atom. The van der Waals surface area contributed by atoms with Crippen molar-refractivity contribution in [1.82, 2.24) is 0 Å². The van der Waals surface area contributed by atoms with Crippen molar-refractivity contribution in [2.45, 2.75) is 11.9 Å². The van der Waals surface area contributed by atoms with Gasteiger partial charge >= 0.3 is 6.18 Å². The highest BCUT2D eigenvalue weighted by Crippen LogP contribution is 2.18. The lowest BCUT2D eigenvalue weighted by molar-refractivity contribution is -0.384. The van der Waals surface area contributed by atoms with Crippen LogP contribution in [-0.2, 0) is 20.1 Å². The minimum absolute atomic E-state index is 0.0905. The van der Waals surface area contributed by atoms with Crippen LogP contribution in [-0.4, -0.2) is 26.1 Å². The summed E-state index contributed by atoms with van der Waals surface area (Å²) in [5.74, 6) is -0.791. The summed E-state index contributed by atoms with van der Waals surface area (Å²) in [6.07, 6.45) is -4.75. The van der Waals surface area contributed by atoms with Gasteiger partial charge in [-0.2, -0.15) is 21.6 Å². The van der Waals surface area contributed by atoms with Gasteiger partial charge in [-0.05, 0) is 5.56 Å². The average Bonchev–Trinajstić information content (AvgIpc) is 2.26. The van der Waals surface area contributed by atoms with Gasteiger partial charge in [0.2, 0.25) is 0 Å². The van der Waals surface area contributed by atoms with E-state index in [4.69, 9.17) is 0 Å². The smallest absolute Gasteiger partial charge is 0.260 e. The van der Waals surface area contributed by atoms with Crippen molar-refractivity contribution in [2.24, 2.45) is 0 Å². The standard InChI is InChI=1S/C9H8F3NO5S/c10-9(11,12)6-18-19(16,17)5-7-1-3-8(4-2-7)13(14)15/h1-4H,5-6H2. The maximum Gasteiger partial charge on any atom is 0.413 e. The van der Waals surface area contributed by atoms with Crippen LogP contribution >= 0.6 is 0 Å². The number of rotatable bonds is 5. The van der Waals surface area contributed by atoms with Gasteiger partial charge in [-0.25, -0.2) is 0 Å². The minimum Gasteiger partial charge on any atom is -0.260 e. The Labute approximate surface area is 106 Å². The highest BCUT2D eigenvalue weighted by Gasteiger charge is 2.31. The molecule has 1 rings (SSSR count). The van der Waals surface area contributed by atoms with E-state index in [9.17, 15) is 31.7 Å². The molecule has 0 saturated heterocycles. The summed E-state index contributed by atoms with van der Waals surface area (Å²) >= 11 is 0. The van der Waals surface area contributed by atoms with E-state index in [2.05, 4.69) is 4.18 Å². The summed E-state index contributed by atoms with van der Waals surface area (Å²) in [6, 6.07) is 4.36. The lowest BCUT2D eigenvalue weighted by Gasteiger charge is -2.08. The number of halogens is 3. The third-order valence-corrected chi connectivity index (χ3v) is 3.06. The van der Waals surface area contributed by atoms with Crippen LogP contribution in [0.4, 0.5) is 18.9 Å². The molecule has 1 aromatic carbocycles. The SMILES string of the molecule is O=[N+]([O-])c1ccc(CS(=O)(=O)OCC(F)(F)F)cc1. The molecule has 0 aliphatic heterocycles. The highest BCUT2D eigenvalue weighted by atomic mass is 32.2. The van der Waals surface area contributed by atoms with Gasteiger partial charge in [-0.3, -0.25) is 14.3 Å². The average molecular weight is 299 g/mol. The molecule has 19 heavy (non-hydrogen) atoms. The molecule has 0 heterocycles. The van der Waals surface area contributed by atoms with Gasteiger partial charge in [0.25, 0.3) is 15.8 Å². The van der Waals surface area contributed by atoms with Gasteiger partial charge in [-0.15, -0.1) is 0 Å². The molecule has 0 spiro atoms. The maximum absolute atomic E-state index is 11.8. The van der Waals surface area contributed by atoms with Crippen molar-refractivity contribution < 1.29 is 30.7 Å². The number of hydrogen-bond donors (Lipinski definition) is 0. The van der Waals surface area contributed by atoms with Crippen LogP contribution < -0.4 is 0 Å². The Hall–Kier alpha value is -1.68. The van der Waals surface area contributed by atoms with Crippen molar-refractivity contribution in [3.63, 3.8) is 0 Å². The number of alkyl halides is 3. The van der Waals surface area contributed by atoms with E-state index < -0.39 is 33.6 Å². The molecule has 6 nitrogen and oxygen atoms in total. The van der Waals surface area contributed by atoms with E-state index >= 15 is 0 Å². The minimum atomic E-state index is -4.75. The third kappa shape index (κ3) is 5.66. The summed E-state index contributed by atoms with van der Waals surface area (Å²) in [6.45, 7) is -1.90. The van der Waals surface area contributed by atoms with E-state index in [1.165, 1.54) is 0 Å². The van der Waals surface area contributed by atoms with Crippen molar-refractivity contribution >= 4 is 15.8 Å². The molecule has 1 aromatic rings. The van der Waals surface area contributed by atoms with Crippen LogP contribution in [0.3, 0.4) is 0 Å². The topological polar surface area (TPSA) is 86.5 Å². The van der Waals surface area contributed by atoms with Crippen LogP contribution in [0.25, 0.3) is 0 Å². The second-order valence-electron chi connectivity index (χ2n) is 3.50. The molecule has 10 heteroatoms. The zero-order valence-electron chi connectivity index (χ0n) is 9.25. The lowest BCUT2D eigenvalue weighted by Crippen LogP contribution is -2.21. The normalized spacial score (nSPS) is 12.4. The second kappa shape index (κ2) is 5.53. The monoisotopic (exact) mass is 299 g/mol. The maximum atomic E-state index is 11.8. The van der Waals surface area contributed by atoms with Crippen LogP contribution in [0, 0.1) is 10.1 Å². The number of nitro benzene ring substituents is 1. The zero-order valence-corrected chi connectivity index (χ0v) is 10.1. The Morgan fingerprint density at radius 1 is 1.21 bits per heavy atom. The molecule has 0 unspecified atom stereocenters. The molecule has 0 radical (unpaired) electrons. The van der Waals surface area contributed by atoms with Crippen molar-refractivity contribution in [2.75, 3.05) is 6.61 Å². The fourth-order valence-electron chi connectivity index (χ4n) is 1.12. The fourth-order valence-corrected chi connectivity index (χ4v) is 2.11. The molecule has 0 aliphatic carbocycles. The predicted molar refractivity (Wildman–Crippen MR) is 57.7 cm³/mol. The van der Waals surface area contributed by atoms with Gasteiger partial charge in [0.05, 0.1) is 4.92 Å². The first kappa shape index (κ1) is 15.4. The summed E-state index contributed by atoms with van der Waals surface area (Å²) in [5.41, 5.74) is -0.162. The number of hydrogen-bond acceptors (Lipinski definition) is 5. The van der Waals surface area contributed by atoms with E-state index in [-0.39, 0.29) is 11.3 Å².